The molecular formula is C26H24F3NO2. The largest absolute Gasteiger partial charge is 0.496 e. The number of fused-ring (bicyclic) bond motifs is 1. The van der Waals surface area contributed by atoms with Gasteiger partial charge in [0.1, 0.15) is 35.6 Å². The van der Waals surface area contributed by atoms with Crippen molar-refractivity contribution in [3.05, 3.63) is 83.2 Å². The summed E-state index contributed by atoms with van der Waals surface area (Å²) in [5.41, 5.74) is 4.93. The highest BCUT2D eigenvalue weighted by Crippen LogP contribution is 2.42. The molecule has 4 rings (SSSR count). The van der Waals surface area contributed by atoms with Gasteiger partial charge in [0.25, 0.3) is 0 Å². The van der Waals surface area contributed by atoms with E-state index in [9.17, 15) is 13.2 Å². The number of benzene rings is 3. The number of methoxy groups -OCH3 is 1. The number of halogens is 3. The van der Waals surface area contributed by atoms with Crippen LogP contribution < -0.4 is 14.8 Å². The Morgan fingerprint density at radius 1 is 0.875 bits per heavy atom. The molecule has 0 spiro atoms. The molecule has 0 aliphatic carbocycles. The molecule has 3 aromatic carbocycles. The van der Waals surface area contributed by atoms with E-state index in [1.165, 1.54) is 19.2 Å². The van der Waals surface area contributed by atoms with Gasteiger partial charge in [-0.2, -0.15) is 0 Å². The molecule has 32 heavy (non-hydrogen) atoms. The number of rotatable bonds is 5. The zero-order valence-corrected chi connectivity index (χ0v) is 18.4. The van der Waals surface area contributed by atoms with Crippen molar-refractivity contribution >= 4 is 11.3 Å². The smallest absolute Gasteiger partial charge is 0.129 e. The molecule has 0 atom stereocenters. The standard InChI is InChI=1S/C26H24F3NO2/c1-15-13-26(2,3)30-23-8-7-20(21-6-5-16(27)12-24(21)31-4)22(25(15)23)14-32-19-10-17(28)9-18(29)11-19/h5-13,30H,14H2,1-4H3. The summed E-state index contributed by atoms with van der Waals surface area (Å²) in [7, 11) is 1.48. The maximum Gasteiger partial charge on any atom is 0.129 e. The molecule has 3 aromatic rings. The van der Waals surface area contributed by atoms with Crippen LogP contribution in [-0.2, 0) is 6.61 Å². The third-order valence-corrected chi connectivity index (χ3v) is 5.41. The average molecular weight is 439 g/mol. The fourth-order valence-electron chi connectivity index (χ4n) is 4.26. The lowest BCUT2D eigenvalue weighted by Crippen LogP contribution is -2.32. The van der Waals surface area contributed by atoms with E-state index in [-0.39, 0.29) is 17.9 Å². The Labute approximate surface area is 185 Å². The third-order valence-electron chi connectivity index (χ3n) is 5.41. The molecule has 1 aliphatic rings. The highest BCUT2D eigenvalue weighted by Gasteiger charge is 2.27. The van der Waals surface area contributed by atoms with Crippen LogP contribution in [-0.4, -0.2) is 12.6 Å². The van der Waals surface area contributed by atoms with Crippen molar-refractivity contribution in [1.29, 1.82) is 0 Å². The maximum absolute atomic E-state index is 13.8. The first-order chi connectivity index (χ1) is 15.2. The van der Waals surface area contributed by atoms with E-state index in [1.807, 2.05) is 19.1 Å². The number of ether oxygens (including phenoxy) is 2. The lowest BCUT2D eigenvalue weighted by atomic mass is 9.85. The Bertz CT molecular complexity index is 1200. The molecule has 3 nitrogen and oxygen atoms in total. The van der Waals surface area contributed by atoms with Gasteiger partial charge in [0.05, 0.1) is 12.6 Å². The van der Waals surface area contributed by atoms with Crippen LogP contribution in [0.2, 0.25) is 0 Å². The second kappa shape index (κ2) is 8.26. The third kappa shape index (κ3) is 4.31. The van der Waals surface area contributed by atoms with Crippen molar-refractivity contribution in [3.8, 4) is 22.6 Å². The summed E-state index contributed by atoms with van der Waals surface area (Å²) in [5, 5.41) is 3.50. The molecule has 0 amide bonds. The predicted octanol–water partition coefficient (Wildman–Crippen LogP) is 6.97. The van der Waals surface area contributed by atoms with Crippen LogP contribution in [0.5, 0.6) is 11.5 Å². The summed E-state index contributed by atoms with van der Waals surface area (Å²) < 4.78 is 52.4. The quantitative estimate of drug-likeness (QED) is 0.466. The molecule has 6 heteroatoms. The van der Waals surface area contributed by atoms with Gasteiger partial charge in [-0.1, -0.05) is 12.1 Å². The van der Waals surface area contributed by atoms with Crippen LogP contribution >= 0.6 is 0 Å². The SMILES string of the molecule is COc1cc(F)ccc1-c1ccc2c(c1COc1cc(F)cc(F)c1)C(C)=CC(C)(C)N2. The Kier molecular flexibility index (Phi) is 5.63. The van der Waals surface area contributed by atoms with Crippen LogP contribution in [0.3, 0.4) is 0 Å². The Morgan fingerprint density at radius 3 is 2.25 bits per heavy atom. The van der Waals surface area contributed by atoms with Gasteiger partial charge in [0.2, 0.25) is 0 Å². The van der Waals surface area contributed by atoms with Crippen LogP contribution in [0.1, 0.15) is 31.9 Å². The number of allylic oxidation sites excluding steroid dienone is 1. The van der Waals surface area contributed by atoms with Gasteiger partial charge in [-0.05, 0) is 50.1 Å². The minimum atomic E-state index is -0.713. The Morgan fingerprint density at radius 2 is 1.56 bits per heavy atom. The fourth-order valence-corrected chi connectivity index (χ4v) is 4.26. The normalized spacial score (nSPS) is 14.3. The van der Waals surface area contributed by atoms with E-state index < -0.39 is 17.5 Å². The fraction of sp³-hybridized carbons (Fsp3) is 0.231. The van der Waals surface area contributed by atoms with E-state index >= 15 is 0 Å². The average Bonchev–Trinajstić information content (AvgIpc) is 2.70. The number of hydrogen-bond donors (Lipinski definition) is 1. The molecule has 1 heterocycles. The first kappa shape index (κ1) is 21.8. The summed E-state index contributed by atoms with van der Waals surface area (Å²) in [6.45, 7) is 6.21. The second-order valence-electron chi connectivity index (χ2n) is 8.43. The number of nitrogens with one attached hydrogen (secondary N) is 1. The maximum atomic E-state index is 13.8. The molecule has 1 N–H and O–H groups in total. The van der Waals surface area contributed by atoms with E-state index in [2.05, 4.69) is 25.2 Å². The molecule has 1 aliphatic heterocycles. The highest BCUT2D eigenvalue weighted by molar-refractivity contribution is 5.88. The monoisotopic (exact) mass is 439 g/mol. The van der Waals surface area contributed by atoms with Crippen molar-refractivity contribution in [2.45, 2.75) is 32.9 Å². The minimum Gasteiger partial charge on any atom is -0.496 e. The first-order valence-corrected chi connectivity index (χ1v) is 10.2. The van der Waals surface area contributed by atoms with Crippen molar-refractivity contribution in [2.24, 2.45) is 0 Å². The molecule has 0 unspecified atom stereocenters. The molecule has 0 aromatic heterocycles. The van der Waals surface area contributed by atoms with Crippen molar-refractivity contribution < 1.29 is 22.6 Å². The highest BCUT2D eigenvalue weighted by atomic mass is 19.1. The Balaban J connectivity index is 1.87. The van der Waals surface area contributed by atoms with Crippen LogP contribution in [0.15, 0.2) is 54.6 Å². The van der Waals surface area contributed by atoms with Crippen molar-refractivity contribution in [2.75, 3.05) is 12.4 Å². The van der Waals surface area contributed by atoms with Crippen LogP contribution in [0, 0.1) is 17.5 Å². The van der Waals surface area contributed by atoms with Gasteiger partial charge in [0.15, 0.2) is 0 Å². The molecular weight excluding hydrogens is 415 g/mol. The van der Waals surface area contributed by atoms with Crippen LogP contribution in [0.25, 0.3) is 16.7 Å². The topological polar surface area (TPSA) is 30.5 Å². The Hall–Kier alpha value is -3.41. The molecule has 0 bridgehead atoms. The van der Waals surface area contributed by atoms with Gasteiger partial charge in [-0.15, -0.1) is 0 Å². The summed E-state index contributed by atoms with van der Waals surface area (Å²) in [4.78, 5) is 0. The minimum absolute atomic E-state index is 0.0508. The van der Waals surface area contributed by atoms with Gasteiger partial charge < -0.3 is 14.8 Å². The molecule has 166 valence electrons. The lowest BCUT2D eigenvalue weighted by molar-refractivity contribution is 0.303. The van der Waals surface area contributed by atoms with E-state index in [1.54, 1.807) is 6.07 Å². The number of hydrogen-bond acceptors (Lipinski definition) is 3. The number of anilines is 1. The molecule has 0 fully saturated rings. The summed E-state index contributed by atoms with van der Waals surface area (Å²) in [6.07, 6.45) is 2.12. The van der Waals surface area contributed by atoms with Gasteiger partial charge in [-0.25, -0.2) is 13.2 Å². The van der Waals surface area contributed by atoms with Crippen LogP contribution in [0.4, 0.5) is 18.9 Å². The summed E-state index contributed by atoms with van der Waals surface area (Å²) >= 11 is 0. The van der Waals surface area contributed by atoms with Crippen molar-refractivity contribution in [1.82, 2.24) is 0 Å². The summed E-state index contributed by atoms with van der Waals surface area (Å²) in [5.74, 6) is -1.36. The van der Waals surface area contributed by atoms with E-state index in [0.717, 1.165) is 46.1 Å². The summed E-state index contributed by atoms with van der Waals surface area (Å²) in [6, 6.07) is 11.3. The van der Waals surface area contributed by atoms with Gasteiger partial charge in [-0.3, -0.25) is 0 Å². The molecule has 0 saturated carbocycles. The van der Waals surface area contributed by atoms with Gasteiger partial charge in [0, 0.05) is 46.6 Å². The second-order valence-corrected chi connectivity index (χ2v) is 8.43. The van der Waals surface area contributed by atoms with E-state index in [0.29, 0.717) is 11.3 Å². The van der Waals surface area contributed by atoms with E-state index in [4.69, 9.17) is 9.47 Å². The lowest BCUT2D eigenvalue weighted by Gasteiger charge is -2.33. The van der Waals surface area contributed by atoms with Crippen molar-refractivity contribution in [3.63, 3.8) is 0 Å². The van der Waals surface area contributed by atoms with Gasteiger partial charge >= 0.3 is 0 Å². The molecule has 0 radical (unpaired) electrons. The predicted molar refractivity (Wildman–Crippen MR) is 120 cm³/mol. The first-order valence-electron chi connectivity index (χ1n) is 10.2. The zero-order valence-electron chi connectivity index (χ0n) is 18.4. The molecule has 0 saturated heterocycles. The zero-order chi connectivity index (χ0) is 23.0.